The molecule has 0 radical (unpaired) electrons. The summed E-state index contributed by atoms with van der Waals surface area (Å²) in [5.41, 5.74) is 0.793. The van der Waals surface area contributed by atoms with Gasteiger partial charge in [0.15, 0.2) is 5.69 Å². The third-order valence-electron chi connectivity index (χ3n) is 1.50. The Morgan fingerprint density at radius 1 is 1.33 bits per heavy atom. The molecule has 1 aromatic carbocycles. The topological polar surface area (TPSA) is 47.7 Å². The molecule has 0 heterocycles. The van der Waals surface area contributed by atoms with Gasteiger partial charge in [-0.05, 0) is 13.0 Å². The van der Waals surface area contributed by atoms with Crippen molar-refractivity contribution in [2.45, 2.75) is 6.92 Å². The van der Waals surface area contributed by atoms with Gasteiger partial charge in [-0.3, -0.25) is 0 Å². The maximum atomic E-state index is 10.6. The third-order valence-corrected chi connectivity index (χ3v) is 2.22. The third kappa shape index (κ3) is 1.88. The molecule has 0 saturated heterocycles. The molecule has 0 spiro atoms. The zero-order valence-electron chi connectivity index (χ0n) is 6.27. The second-order valence-electron chi connectivity index (χ2n) is 2.39. The van der Waals surface area contributed by atoms with Crippen LogP contribution in [0.2, 0.25) is 10.0 Å². The first-order valence-corrected chi connectivity index (χ1v) is 3.97. The van der Waals surface area contributed by atoms with Crippen molar-refractivity contribution in [2.24, 2.45) is 0 Å². The van der Waals surface area contributed by atoms with Gasteiger partial charge in [0, 0.05) is 11.6 Å². The second kappa shape index (κ2) is 3.60. The Hall–Kier alpha value is -0.320. The number of nitrogens with one attached hydrogen (secondary N) is 1. The van der Waals surface area contributed by atoms with Crippen LogP contribution in [0.3, 0.4) is 0 Å². The van der Waals surface area contributed by atoms with Gasteiger partial charge in [-0.1, -0.05) is 23.2 Å². The predicted octanol–water partition coefficient (Wildman–Crippen LogP) is 1.71. The molecule has 12 heavy (non-hydrogen) atoms. The molecule has 5 heteroatoms. The van der Waals surface area contributed by atoms with Crippen LogP contribution in [-0.4, -0.2) is 5.21 Å². The number of quaternary nitrogens is 1. The summed E-state index contributed by atoms with van der Waals surface area (Å²) in [5.74, 6) is 0. The zero-order chi connectivity index (χ0) is 9.30. The van der Waals surface area contributed by atoms with Gasteiger partial charge in [-0.2, -0.15) is 5.23 Å². The van der Waals surface area contributed by atoms with Gasteiger partial charge in [-0.15, -0.1) is 0 Å². The molecule has 0 aromatic heterocycles. The van der Waals surface area contributed by atoms with Crippen LogP contribution in [0.1, 0.15) is 5.56 Å². The Morgan fingerprint density at radius 3 is 2.33 bits per heavy atom. The lowest BCUT2D eigenvalue weighted by Crippen LogP contribution is -2.99. The Balaban J connectivity index is 3.23. The first-order valence-electron chi connectivity index (χ1n) is 3.21. The Bertz CT molecular complexity index is 302. The fourth-order valence-electron chi connectivity index (χ4n) is 0.877. The number of benzene rings is 1. The molecule has 0 bridgehead atoms. The van der Waals surface area contributed by atoms with Crippen molar-refractivity contribution >= 4 is 28.9 Å². The van der Waals surface area contributed by atoms with Crippen LogP contribution in [0, 0.1) is 12.1 Å². The van der Waals surface area contributed by atoms with Gasteiger partial charge < -0.3 is 5.21 Å². The van der Waals surface area contributed by atoms with Gasteiger partial charge in [0.1, 0.15) is 0 Å². The summed E-state index contributed by atoms with van der Waals surface area (Å²) in [4.78, 5) is 0. The molecule has 0 aliphatic carbocycles. The molecule has 0 aliphatic heterocycles. The van der Waals surface area contributed by atoms with Crippen molar-refractivity contribution in [1.29, 1.82) is 0 Å². The average molecular weight is 208 g/mol. The SMILES string of the molecule is Cc1cc(Cl)c(Cl)cc1[NH+]([O-])O. The lowest BCUT2D eigenvalue weighted by atomic mass is 10.2. The van der Waals surface area contributed by atoms with E-state index in [1.807, 2.05) is 0 Å². The van der Waals surface area contributed by atoms with Crippen molar-refractivity contribution in [3.05, 3.63) is 32.9 Å². The maximum Gasteiger partial charge on any atom is 0.168 e. The Labute approximate surface area is 79.7 Å². The number of rotatable bonds is 1. The van der Waals surface area contributed by atoms with Crippen LogP contribution in [0.5, 0.6) is 0 Å². The monoisotopic (exact) mass is 207 g/mol. The first kappa shape index (κ1) is 9.77. The molecule has 1 unspecified atom stereocenters. The smallest absolute Gasteiger partial charge is 0.168 e. The van der Waals surface area contributed by atoms with Gasteiger partial charge in [-0.25, -0.2) is 5.21 Å². The maximum absolute atomic E-state index is 10.6. The van der Waals surface area contributed by atoms with E-state index in [9.17, 15) is 5.21 Å². The van der Waals surface area contributed by atoms with E-state index in [-0.39, 0.29) is 10.7 Å². The highest BCUT2D eigenvalue weighted by Crippen LogP contribution is 2.26. The minimum atomic E-state index is -0.994. The van der Waals surface area contributed by atoms with E-state index < -0.39 is 5.23 Å². The average Bonchev–Trinajstić information content (AvgIpc) is 1.96. The van der Waals surface area contributed by atoms with Gasteiger partial charge >= 0.3 is 0 Å². The quantitative estimate of drug-likeness (QED) is 0.690. The number of halogens is 2. The minimum absolute atomic E-state index is 0.185. The number of aryl methyl sites for hydroxylation is 1. The summed E-state index contributed by atoms with van der Waals surface area (Å²) in [7, 11) is 0. The van der Waals surface area contributed by atoms with Crippen LogP contribution < -0.4 is 5.23 Å². The number of hydrogen-bond acceptors (Lipinski definition) is 2. The van der Waals surface area contributed by atoms with E-state index >= 15 is 0 Å². The van der Waals surface area contributed by atoms with Crippen molar-refractivity contribution in [2.75, 3.05) is 0 Å². The van der Waals surface area contributed by atoms with Crippen molar-refractivity contribution in [3.8, 4) is 0 Å². The molecular weight excluding hydrogens is 201 g/mol. The van der Waals surface area contributed by atoms with Crippen molar-refractivity contribution in [3.63, 3.8) is 0 Å². The molecular formula is C7H7Cl2NO2. The molecule has 3 nitrogen and oxygen atoms in total. The van der Waals surface area contributed by atoms with E-state index in [4.69, 9.17) is 28.4 Å². The lowest BCUT2D eigenvalue weighted by Gasteiger charge is -2.14. The highest BCUT2D eigenvalue weighted by Gasteiger charge is 2.08. The van der Waals surface area contributed by atoms with Crippen LogP contribution in [-0.2, 0) is 0 Å². The fraction of sp³-hybridized carbons (Fsp3) is 0.143. The van der Waals surface area contributed by atoms with Crippen molar-refractivity contribution < 1.29 is 10.4 Å². The van der Waals surface area contributed by atoms with Gasteiger partial charge in [0.05, 0.1) is 10.0 Å². The molecule has 1 atom stereocenters. The van der Waals surface area contributed by atoms with Crippen LogP contribution in [0.4, 0.5) is 5.69 Å². The van der Waals surface area contributed by atoms with Crippen LogP contribution in [0.25, 0.3) is 0 Å². The highest BCUT2D eigenvalue weighted by atomic mass is 35.5. The standard InChI is InChI=1S/C7H7Cl2NO2/c1-4-2-5(8)6(9)3-7(4)10(11)12/h2-3,10-11H,1H3. The summed E-state index contributed by atoms with van der Waals surface area (Å²) in [6.07, 6.45) is 0. The van der Waals surface area contributed by atoms with Crippen LogP contribution in [0.15, 0.2) is 12.1 Å². The molecule has 1 aromatic rings. The lowest BCUT2D eigenvalue weighted by molar-refractivity contribution is -0.991. The summed E-state index contributed by atoms with van der Waals surface area (Å²) >= 11 is 11.3. The van der Waals surface area contributed by atoms with E-state index in [2.05, 4.69) is 0 Å². The first-order chi connectivity index (χ1) is 5.52. The minimum Gasteiger partial charge on any atom is -0.595 e. The Kier molecular flexibility index (Phi) is 2.93. The summed E-state index contributed by atoms with van der Waals surface area (Å²) in [6.45, 7) is 1.67. The molecule has 0 saturated carbocycles. The van der Waals surface area contributed by atoms with Gasteiger partial charge in [0.25, 0.3) is 0 Å². The second-order valence-corrected chi connectivity index (χ2v) is 3.20. The van der Waals surface area contributed by atoms with Crippen LogP contribution >= 0.6 is 23.2 Å². The molecule has 2 N–H and O–H groups in total. The molecule has 0 amide bonds. The Morgan fingerprint density at radius 2 is 1.83 bits per heavy atom. The molecule has 66 valence electrons. The largest absolute Gasteiger partial charge is 0.595 e. The van der Waals surface area contributed by atoms with Crippen molar-refractivity contribution in [1.82, 2.24) is 0 Å². The highest BCUT2D eigenvalue weighted by molar-refractivity contribution is 6.42. The van der Waals surface area contributed by atoms with E-state index in [1.54, 1.807) is 6.92 Å². The summed E-state index contributed by atoms with van der Waals surface area (Å²) in [6, 6.07) is 2.88. The molecule has 1 rings (SSSR count). The molecule has 0 aliphatic rings. The van der Waals surface area contributed by atoms with Gasteiger partial charge in [0.2, 0.25) is 0 Å². The molecule has 0 fully saturated rings. The number of hydrogen-bond donors (Lipinski definition) is 2. The fourth-order valence-corrected chi connectivity index (χ4v) is 1.26. The summed E-state index contributed by atoms with van der Waals surface area (Å²) in [5, 5.41) is 18.9. The predicted molar refractivity (Wildman–Crippen MR) is 47.0 cm³/mol. The summed E-state index contributed by atoms with van der Waals surface area (Å²) < 4.78 is 0. The van der Waals surface area contributed by atoms with E-state index in [1.165, 1.54) is 12.1 Å². The normalized spacial score (nSPS) is 13.1. The van der Waals surface area contributed by atoms with E-state index in [0.717, 1.165) is 0 Å². The zero-order valence-corrected chi connectivity index (χ0v) is 7.78. The van der Waals surface area contributed by atoms with E-state index in [0.29, 0.717) is 10.6 Å².